The number of hydrogen-bond acceptors (Lipinski definition) is 4. The molecule has 0 saturated heterocycles. The second-order valence-corrected chi connectivity index (χ2v) is 11.1. The molecular weight excluding hydrogens is 463 g/mol. The zero-order chi connectivity index (χ0) is 24.4. The molecule has 2 aromatic carbocycles. The quantitative estimate of drug-likeness (QED) is 0.353. The van der Waals surface area contributed by atoms with Gasteiger partial charge in [0.25, 0.3) is 0 Å². The highest BCUT2D eigenvalue weighted by atomic mass is 32.2. The normalized spacial score (nSPS) is 15.7. The molecule has 5 rings (SSSR count). The summed E-state index contributed by atoms with van der Waals surface area (Å²) in [6.07, 6.45) is 5.36. The molecule has 7 heteroatoms. The summed E-state index contributed by atoms with van der Waals surface area (Å²) in [6.45, 7) is 0. The molecule has 1 aliphatic rings. The molecule has 0 aliphatic heterocycles. The van der Waals surface area contributed by atoms with Gasteiger partial charge in [-0.05, 0) is 66.3 Å². The standard InChI is InChI=1S/C28H25FN2O3S/c29-22-6-8-23(9-7-22)35(33,34)15-12-20-17-25-27(26(32)18-20)24(16-19-4-2-1-3-5-19)28(31-25)21-10-13-30-14-11-21/h1-11,13-14,20,31H,12,15-18H2. The molecule has 0 bridgehead atoms. The lowest BCUT2D eigenvalue weighted by Crippen LogP contribution is -2.23. The number of carbonyl (C=O) groups excluding carboxylic acids is 1. The molecule has 1 N–H and O–H groups in total. The Hall–Kier alpha value is -3.58. The summed E-state index contributed by atoms with van der Waals surface area (Å²) >= 11 is 0. The lowest BCUT2D eigenvalue weighted by Gasteiger charge is -2.22. The smallest absolute Gasteiger partial charge is 0.178 e. The first-order chi connectivity index (χ1) is 16.9. The number of aromatic nitrogens is 2. The van der Waals surface area contributed by atoms with Crippen LogP contribution in [0.2, 0.25) is 0 Å². The number of nitrogens with zero attached hydrogens (tertiary/aromatic N) is 1. The molecule has 35 heavy (non-hydrogen) atoms. The van der Waals surface area contributed by atoms with Crippen molar-refractivity contribution in [3.63, 3.8) is 0 Å². The van der Waals surface area contributed by atoms with E-state index in [-0.39, 0.29) is 22.3 Å². The number of H-pyrrole nitrogens is 1. The van der Waals surface area contributed by atoms with Gasteiger partial charge in [0.15, 0.2) is 15.6 Å². The molecule has 0 fully saturated rings. The highest BCUT2D eigenvalue weighted by Crippen LogP contribution is 2.37. The van der Waals surface area contributed by atoms with Gasteiger partial charge in [0.1, 0.15) is 5.82 Å². The van der Waals surface area contributed by atoms with Crippen LogP contribution in [0.4, 0.5) is 4.39 Å². The van der Waals surface area contributed by atoms with Crippen LogP contribution < -0.4 is 0 Å². The predicted octanol–water partition coefficient (Wildman–Crippen LogP) is 5.42. The summed E-state index contributed by atoms with van der Waals surface area (Å²) in [6, 6.07) is 18.8. The maximum absolute atomic E-state index is 13.4. The molecular formula is C28H25FN2O3S. The van der Waals surface area contributed by atoms with Crippen LogP contribution in [0.15, 0.2) is 84.0 Å². The second-order valence-electron chi connectivity index (χ2n) is 8.99. The third-order valence-corrected chi connectivity index (χ3v) is 8.35. The average Bonchev–Trinajstić information content (AvgIpc) is 3.23. The van der Waals surface area contributed by atoms with Crippen LogP contribution >= 0.6 is 0 Å². The van der Waals surface area contributed by atoms with Gasteiger partial charge >= 0.3 is 0 Å². The highest BCUT2D eigenvalue weighted by Gasteiger charge is 2.32. The highest BCUT2D eigenvalue weighted by molar-refractivity contribution is 7.91. The molecule has 2 aromatic heterocycles. The molecule has 1 aliphatic carbocycles. The van der Waals surface area contributed by atoms with Crippen molar-refractivity contribution in [1.29, 1.82) is 0 Å². The number of sulfone groups is 1. The van der Waals surface area contributed by atoms with Crippen LogP contribution in [0, 0.1) is 11.7 Å². The van der Waals surface area contributed by atoms with Crippen molar-refractivity contribution >= 4 is 15.6 Å². The van der Waals surface area contributed by atoms with Crippen LogP contribution in [-0.4, -0.2) is 29.9 Å². The fourth-order valence-electron chi connectivity index (χ4n) is 4.84. The molecule has 0 amide bonds. The molecule has 0 radical (unpaired) electrons. The van der Waals surface area contributed by atoms with E-state index < -0.39 is 15.7 Å². The zero-order valence-corrected chi connectivity index (χ0v) is 19.9. The first-order valence-corrected chi connectivity index (χ1v) is 13.3. The van der Waals surface area contributed by atoms with E-state index in [0.717, 1.165) is 45.8 Å². The molecule has 1 unspecified atom stereocenters. The zero-order valence-electron chi connectivity index (χ0n) is 19.1. The van der Waals surface area contributed by atoms with Crippen molar-refractivity contribution in [2.75, 3.05) is 5.75 Å². The summed E-state index contributed by atoms with van der Waals surface area (Å²) in [7, 11) is -3.55. The Morgan fingerprint density at radius 2 is 1.66 bits per heavy atom. The fourth-order valence-corrected chi connectivity index (χ4v) is 6.27. The first kappa shape index (κ1) is 23.2. The number of Topliss-reactive ketones (excluding diaryl/α,β-unsaturated/α-hetero) is 1. The summed E-state index contributed by atoms with van der Waals surface area (Å²) < 4.78 is 38.7. The van der Waals surface area contributed by atoms with Crippen molar-refractivity contribution in [3.05, 3.63) is 107 Å². The third kappa shape index (κ3) is 4.95. The number of carbonyl (C=O) groups is 1. The second kappa shape index (κ2) is 9.58. The Bertz CT molecular complexity index is 1450. The van der Waals surface area contributed by atoms with Gasteiger partial charge < -0.3 is 4.98 Å². The third-order valence-electron chi connectivity index (χ3n) is 6.59. The topological polar surface area (TPSA) is 79.9 Å². The lowest BCUT2D eigenvalue weighted by atomic mass is 9.82. The van der Waals surface area contributed by atoms with Crippen molar-refractivity contribution < 1.29 is 17.6 Å². The monoisotopic (exact) mass is 488 g/mol. The van der Waals surface area contributed by atoms with E-state index in [4.69, 9.17) is 0 Å². The molecule has 4 aromatic rings. The maximum Gasteiger partial charge on any atom is 0.178 e. The Balaban J connectivity index is 1.42. The molecule has 1 atom stereocenters. The predicted molar refractivity (Wildman–Crippen MR) is 132 cm³/mol. The van der Waals surface area contributed by atoms with E-state index >= 15 is 0 Å². The van der Waals surface area contributed by atoms with Gasteiger partial charge in [-0.1, -0.05) is 30.3 Å². The molecule has 0 saturated carbocycles. The number of aromatic amines is 1. The minimum Gasteiger partial charge on any atom is -0.358 e. The van der Waals surface area contributed by atoms with Gasteiger partial charge in [0.2, 0.25) is 0 Å². The van der Waals surface area contributed by atoms with Crippen LogP contribution in [-0.2, 0) is 22.7 Å². The van der Waals surface area contributed by atoms with Gasteiger partial charge in [-0.2, -0.15) is 0 Å². The summed E-state index contributed by atoms with van der Waals surface area (Å²) in [5, 5.41) is 0. The largest absolute Gasteiger partial charge is 0.358 e. The molecule has 5 nitrogen and oxygen atoms in total. The molecule has 0 spiro atoms. The SMILES string of the molecule is O=C1CC(CCS(=O)(=O)c2ccc(F)cc2)Cc2[nH]c(-c3ccncc3)c(Cc3ccccc3)c21. The van der Waals surface area contributed by atoms with Crippen molar-refractivity contribution in [2.24, 2.45) is 5.92 Å². The number of rotatable bonds is 7. The van der Waals surface area contributed by atoms with E-state index in [1.807, 2.05) is 42.5 Å². The van der Waals surface area contributed by atoms with E-state index in [9.17, 15) is 17.6 Å². The first-order valence-electron chi connectivity index (χ1n) is 11.6. The van der Waals surface area contributed by atoms with Crippen LogP contribution in [0.5, 0.6) is 0 Å². The number of benzene rings is 2. The van der Waals surface area contributed by atoms with Crippen molar-refractivity contribution in [1.82, 2.24) is 9.97 Å². The summed E-state index contributed by atoms with van der Waals surface area (Å²) in [4.78, 5) is 21.1. The minimum absolute atomic E-state index is 0.0397. The summed E-state index contributed by atoms with van der Waals surface area (Å²) in [5.41, 5.74) is 5.56. The number of halogens is 1. The summed E-state index contributed by atoms with van der Waals surface area (Å²) in [5.74, 6) is -0.602. The van der Waals surface area contributed by atoms with Crippen molar-refractivity contribution in [3.8, 4) is 11.3 Å². The van der Waals surface area contributed by atoms with Gasteiger partial charge in [-0.25, -0.2) is 12.8 Å². The van der Waals surface area contributed by atoms with Gasteiger partial charge in [0.05, 0.1) is 16.3 Å². The Morgan fingerprint density at radius 3 is 2.37 bits per heavy atom. The van der Waals surface area contributed by atoms with E-state index in [2.05, 4.69) is 9.97 Å². The van der Waals surface area contributed by atoms with Crippen LogP contribution in [0.3, 0.4) is 0 Å². The van der Waals surface area contributed by atoms with Gasteiger partial charge in [-0.15, -0.1) is 0 Å². The molecule has 178 valence electrons. The number of pyridine rings is 1. The Labute approximate surface area is 204 Å². The van der Waals surface area contributed by atoms with E-state index in [1.165, 1.54) is 12.1 Å². The van der Waals surface area contributed by atoms with Crippen LogP contribution in [0.25, 0.3) is 11.3 Å². The Kier molecular flexibility index (Phi) is 6.34. The number of fused-ring (bicyclic) bond motifs is 1. The number of hydrogen-bond donors (Lipinski definition) is 1. The fraction of sp³-hybridized carbons (Fsp3) is 0.214. The Morgan fingerprint density at radius 1 is 0.943 bits per heavy atom. The van der Waals surface area contributed by atoms with E-state index in [0.29, 0.717) is 25.7 Å². The lowest BCUT2D eigenvalue weighted by molar-refractivity contribution is 0.0946. The average molecular weight is 489 g/mol. The van der Waals surface area contributed by atoms with Gasteiger partial charge in [-0.3, -0.25) is 9.78 Å². The van der Waals surface area contributed by atoms with E-state index in [1.54, 1.807) is 12.4 Å². The van der Waals surface area contributed by atoms with Crippen molar-refractivity contribution in [2.45, 2.75) is 30.6 Å². The molecule has 2 heterocycles. The minimum atomic E-state index is -3.55. The number of nitrogens with one attached hydrogen (secondary N) is 1. The number of ketones is 1. The maximum atomic E-state index is 13.4. The van der Waals surface area contributed by atoms with Crippen LogP contribution in [0.1, 0.15) is 40.0 Å². The van der Waals surface area contributed by atoms with Gasteiger partial charge in [0, 0.05) is 42.1 Å².